The Bertz CT molecular complexity index is 928. The molecule has 4 nitrogen and oxygen atoms in total. The lowest BCUT2D eigenvalue weighted by atomic mass is 9.91. The van der Waals surface area contributed by atoms with Crippen LogP contribution in [0.15, 0.2) is 48.7 Å². The third-order valence-electron chi connectivity index (χ3n) is 4.42. The number of carbonyl (C=O) groups excluding carboxylic acids is 1. The molecule has 0 spiro atoms. The van der Waals surface area contributed by atoms with E-state index in [0.29, 0.717) is 16.1 Å². The zero-order valence-electron chi connectivity index (χ0n) is 13.8. The van der Waals surface area contributed by atoms with Gasteiger partial charge < -0.3 is 10.1 Å². The Morgan fingerprint density at radius 3 is 2.52 bits per heavy atom. The second kappa shape index (κ2) is 7.11. The van der Waals surface area contributed by atoms with Gasteiger partial charge in [0.1, 0.15) is 0 Å². The summed E-state index contributed by atoms with van der Waals surface area (Å²) in [6.45, 7) is 2.05. The molecular formula is C20H18ClNO3. The molecule has 25 heavy (non-hydrogen) atoms. The molecule has 3 rings (SSSR count). The molecule has 1 heterocycles. The van der Waals surface area contributed by atoms with Crippen LogP contribution >= 0.6 is 11.6 Å². The van der Waals surface area contributed by atoms with Crippen molar-refractivity contribution in [2.45, 2.75) is 25.7 Å². The Morgan fingerprint density at radius 1 is 1.16 bits per heavy atom. The highest BCUT2D eigenvalue weighted by Crippen LogP contribution is 2.30. The molecule has 128 valence electrons. The molecule has 3 aromatic rings. The van der Waals surface area contributed by atoms with Crippen LogP contribution in [-0.2, 0) is 11.2 Å². The molecule has 0 aliphatic heterocycles. The number of hydrogen-bond donors (Lipinski definition) is 2. The quantitative estimate of drug-likeness (QED) is 0.622. The average molecular weight is 356 g/mol. The van der Waals surface area contributed by atoms with Gasteiger partial charge in [0, 0.05) is 34.1 Å². The molecule has 0 saturated carbocycles. The molecule has 0 radical (unpaired) electrons. The van der Waals surface area contributed by atoms with E-state index in [1.54, 1.807) is 30.5 Å². The van der Waals surface area contributed by atoms with E-state index in [2.05, 4.69) is 4.98 Å². The van der Waals surface area contributed by atoms with Gasteiger partial charge in [-0.15, -0.1) is 0 Å². The number of carbonyl (C=O) groups is 2. The van der Waals surface area contributed by atoms with Gasteiger partial charge in [-0.3, -0.25) is 9.59 Å². The molecule has 2 aromatic carbocycles. The molecule has 0 fully saturated rings. The molecular weight excluding hydrogens is 338 g/mol. The molecule has 0 saturated heterocycles. The lowest BCUT2D eigenvalue weighted by molar-refractivity contribution is -0.138. The summed E-state index contributed by atoms with van der Waals surface area (Å²) in [6.07, 6.45) is 2.46. The summed E-state index contributed by atoms with van der Waals surface area (Å²) >= 11 is 5.84. The van der Waals surface area contributed by atoms with Gasteiger partial charge in [-0.2, -0.15) is 0 Å². The number of Topliss-reactive ketones (excluding diaryl/α,β-unsaturated/α-hetero) is 1. The fraction of sp³-hybridized carbons (Fsp3) is 0.200. The number of aromatic amines is 1. The van der Waals surface area contributed by atoms with Crippen LogP contribution in [-0.4, -0.2) is 21.8 Å². The number of carboxylic acids is 1. The summed E-state index contributed by atoms with van der Waals surface area (Å²) in [6, 6.07) is 12.4. The van der Waals surface area contributed by atoms with Crippen LogP contribution in [0.2, 0.25) is 5.02 Å². The second-order valence-electron chi connectivity index (χ2n) is 6.00. The summed E-state index contributed by atoms with van der Waals surface area (Å²) in [5.74, 6) is -2.13. The van der Waals surface area contributed by atoms with Gasteiger partial charge >= 0.3 is 5.97 Å². The lowest BCUT2D eigenvalue weighted by Crippen LogP contribution is -2.16. The van der Waals surface area contributed by atoms with E-state index >= 15 is 0 Å². The number of H-pyrrole nitrogens is 1. The number of benzene rings is 2. The van der Waals surface area contributed by atoms with Crippen LogP contribution in [0.4, 0.5) is 0 Å². The first-order valence-corrected chi connectivity index (χ1v) is 8.49. The predicted octanol–water partition coefficient (Wildman–Crippen LogP) is 4.82. The fourth-order valence-corrected chi connectivity index (χ4v) is 3.09. The van der Waals surface area contributed by atoms with Crippen LogP contribution < -0.4 is 0 Å². The Labute approximate surface area is 150 Å². The third-order valence-corrected chi connectivity index (χ3v) is 4.67. The summed E-state index contributed by atoms with van der Waals surface area (Å²) < 4.78 is 0. The number of nitrogens with one attached hydrogen (secondary N) is 1. The van der Waals surface area contributed by atoms with Crippen LogP contribution in [0.3, 0.4) is 0 Å². The summed E-state index contributed by atoms with van der Waals surface area (Å²) in [5, 5.41) is 11.1. The maximum Gasteiger partial charge on any atom is 0.311 e. The molecule has 1 unspecified atom stereocenters. The van der Waals surface area contributed by atoms with Crippen LogP contribution in [0, 0.1) is 0 Å². The van der Waals surface area contributed by atoms with Crippen molar-refractivity contribution in [1.29, 1.82) is 0 Å². The lowest BCUT2D eigenvalue weighted by Gasteiger charge is -2.11. The number of halogens is 1. The van der Waals surface area contributed by atoms with Gasteiger partial charge in [0.15, 0.2) is 5.78 Å². The van der Waals surface area contributed by atoms with Crippen molar-refractivity contribution in [3.63, 3.8) is 0 Å². The van der Waals surface area contributed by atoms with E-state index in [-0.39, 0.29) is 12.2 Å². The monoisotopic (exact) mass is 355 g/mol. The number of ketones is 1. The zero-order valence-corrected chi connectivity index (χ0v) is 14.5. The Kier molecular flexibility index (Phi) is 4.91. The molecule has 0 aliphatic carbocycles. The molecule has 0 bridgehead atoms. The van der Waals surface area contributed by atoms with Crippen LogP contribution in [0.5, 0.6) is 0 Å². The van der Waals surface area contributed by atoms with Crippen molar-refractivity contribution in [1.82, 2.24) is 4.98 Å². The van der Waals surface area contributed by atoms with Gasteiger partial charge in [0.2, 0.25) is 0 Å². The first kappa shape index (κ1) is 17.2. The van der Waals surface area contributed by atoms with Crippen LogP contribution in [0.25, 0.3) is 10.9 Å². The number of aliphatic carboxylic acids is 1. The SMILES string of the molecule is CCc1ccc2[nH]cc(C(CC(=O)c3ccc(Cl)cc3)C(=O)O)c2c1. The van der Waals surface area contributed by atoms with Crippen molar-refractivity contribution >= 4 is 34.3 Å². The molecule has 0 amide bonds. The van der Waals surface area contributed by atoms with Gasteiger partial charge in [0.05, 0.1) is 5.92 Å². The molecule has 5 heteroatoms. The standard InChI is InChI=1S/C20H18ClNO3/c1-2-12-3-8-18-15(9-12)17(11-22-18)16(20(24)25)10-19(23)13-4-6-14(21)7-5-13/h3-9,11,16,22H,2,10H2,1H3,(H,24,25). The highest BCUT2D eigenvalue weighted by molar-refractivity contribution is 6.30. The molecule has 2 N–H and O–H groups in total. The maximum absolute atomic E-state index is 12.5. The van der Waals surface area contributed by atoms with Gasteiger partial charge in [-0.1, -0.05) is 24.6 Å². The normalized spacial score (nSPS) is 12.2. The van der Waals surface area contributed by atoms with E-state index in [1.807, 2.05) is 25.1 Å². The Morgan fingerprint density at radius 2 is 1.88 bits per heavy atom. The van der Waals surface area contributed by atoms with E-state index in [1.165, 1.54) is 0 Å². The number of hydrogen-bond acceptors (Lipinski definition) is 2. The maximum atomic E-state index is 12.5. The number of carboxylic acid groups (broad SMARTS) is 1. The van der Waals surface area contributed by atoms with Crippen molar-refractivity contribution in [2.75, 3.05) is 0 Å². The van der Waals surface area contributed by atoms with Gasteiger partial charge in [-0.05, 0) is 53.9 Å². The highest BCUT2D eigenvalue weighted by Gasteiger charge is 2.26. The van der Waals surface area contributed by atoms with E-state index in [0.717, 1.165) is 22.9 Å². The van der Waals surface area contributed by atoms with Crippen molar-refractivity contribution in [3.8, 4) is 0 Å². The number of aryl methyl sites for hydroxylation is 1. The minimum Gasteiger partial charge on any atom is -0.481 e. The Balaban J connectivity index is 1.95. The zero-order chi connectivity index (χ0) is 18.0. The molecule has 1 atom stereocenters. The van der Waals surface area contributed by atoms with E-state index < -0.39 is 11.9 Å². The summed E-state index contributed by atoms with van der Waals surface area (Å²) in [7, 11) is 0. The summed E-state index contributed by atoms with van der Waals surface area (Å²) in [5.41, 5.74) is 3.10. The van der Waals surface area contributed by atoms with Crippen molar-refractivity contribution in [3.05, 3.63) is 70.4 Å². The predicted molar refractivity (Wildman–Crippen MR) is 98.5 cm³/mol. The number of fused-ring (bicyclic) bond motifs is 1. The topological polar surface area (TPSA) is 70.2 Å². The third kappa shape index (κ3) is 3.59. The van der Waals surface area contributed by atoms with Gasteiger partial charge in [-0.25, -0.2) is 0 Å². The number of rotatable bonds is 6. The fourth-order valence-electron chi connectivity index (χ4n) is 2.97. The first-order valence-electron chi connectivity index (χ1n) is 8.11. The van der Waals surface area contributed by atoms with Crippen LogP contribution in [0.1, 0.15) is 40.7 Å². The van der Waals surface area contributed by atoms with E-state index in [4.69, 9.17) is 11.6 Å². The highest BCUT2D eigenvalue weighted by atomic mass is 35.5. The minimum atomic E-state index is -1.01. The minimum absolute atomic E-state index is 0.0970. The molecule has 0 aliphatic rings. The summed E-state index contributed by atoms with van der Waals surface area (Å²) in [4.78, 5) is 27.4. The molecule has 1 aromatic heterocycles. The first-order chi connectivity index (χ1) is 12.0. The average Bonchev–Trinajstić information content (AvgIpc) is 3.02. The second-order valence-corrected chi connectivity index (χ2v) is 6.44. The van der Waals surface area contributed by atoms with Crippen molar-refractivity contribution < 1.29 is 14.7 Å². The largest absolute Gasteiger partial charge is 0.481 e. The smallest absolute Gasteiger partial charge is 0.311 e. The Hall–Kier alpha value is -2.59. The number of aromatic nitrogens is 1. The van der Waals surface area contributed by atoms with Gasteiger partial charge in [0.25, 0.3) is 0 Å². The van der Waals surface area contributed by atoms with E-state index in [9.17, 15) is 14.7 Å². The van der Waals surface area contributed by atoms with Crippen molar-refractivity contribution in [2.24, 2.45) is 0 Å².